The number of sulfonamides is 1. The number of hydrogen-bond acceptors (Lipinski definition) is 8. The topological polar surface area (TPSA) is 126 Å². The van der Waals surface area contributed by atoms with Crippen LogP contribution in [0, 0.1) is 0 Å². The van der Waals surface area contributed by atoms with Gasteiger partial charge in [0.2, 0.25) is 5.91 Å². The van der Waals surface area contributed by atoms with Crippen molar-refractivity contribution in [2.45, 2.75) is 36.4 Å². The minimum atomic E-state index is -3.93. The van der Waals surface area contributed by atoms with Gasteiger partial charge < -0.3 is 10.6 Å². The fourth-order valence-electron chi connectivity index (χ4n) is 3.73. The smallest absolute Gasteiger partial charge is 0.262 e. The highest BCUT2D eigenvalue weighted by atomic mass is 32.2. The van der Waals surface area contributed by atoms with Gasteiger partial charge in [-0.15, -0.1) is 22.7 Å². The van der Waals surface area contributed by atoms with E-state index in [-0.39, 0.29) is 30.4 Å². The maximum atomic E-state index is 13.2. The number of nitrogens with one attached hydrogen (secondary N) is 2. The summed E-state index contributed by atoms with van der Waals surface area (Å²) in [4.78, 5) is 44.1. The zero-order chi connectivity index (χ0) is 24.8. The molecule has 35 heavy (non-hydrogen) atoms. The van der Waals surface area contributed by atoms with Gasteiger partial charge in [0.05, 0.1) is 17.5 Å². The average Bonchev–Trinajstić information content (AvgIpc) is 3.54. The van der Waals surface area contributed by atoms with Crippen LogP contribution in [0.5, 0.6) is 0 Å². The van der Waals surface area contributed by atoms with E-state index in [4.69, 9.17) is 0 Å². The highest BCUT2D eigenvalue weighted by Gasteiger charge is 2.34. The van der Waals surface area contributed by atoms with Crippen molar-refractivity contribution in [1.82, 2.24) is 19.9 Å². The van der Waals surface area contributed by atoms with Crippen LogP contribution in [0.3, 0.4) is 0 Å². The van der Waals surface area contributed by atoms with E-state index in [0.717, 1.165) is 9.18 Å². The van der Waals surface area contributed by atoms with Gasteiger partial charge in [-0.1, -0.05) is 18.2 Å². The Labute approximate surface area is 211 Å². The van der Waals surface area contributed by atoms with E-state index in [1.807, 2.05) is 17.5 Å². The Hall–Kier alpha value is -2.93. The molecular formula is C23H24N4O5S3. The zero-order valence-corrected chi connectivity index (χ0v) is 21.1. The number of amides is 2. The molecule has 3 aromatic heterocycles. The molecule has 9 nitrogen and oxygen atoms in total. The van der Waals surface area contributed by atoms with E-state index in [0.29, 0.717) is 17.7 Å². The second kappa shape index (κ2) is 11.2. The number of carbonyl (C=O) groups is 3. The van der Waals surface area contributed by atoms with Gasteiger partial charge in [-0.05, 0) is 47.9 Å². The molecule has 2 atom stereocenters. The predicted molar refractivity (Wildman–Crippen MR) is 133 cm³/mol. The number of nitrogens with zero attached hydrogens (tertiary/aromatic N) is 2. The minimum absolute atomic E-state index is 0.123. The van der Waals surface area contributed by atoms with Gasteiger partial charge in [0.1, 0.15) is 6.04 Å². The van der Waals surface area contributed by atoms with Crippen LogP contribution in [0.15, 0.2) is 64.4 Å². The molecule has 184 valence electrons. The van der Waals surface area contributed by atoms with Gasteiger partial charge in [-0.25, -0.2) is 13.4 Å². The molecule has 3 aromatic rings. The lowest BCUT2D eigenvalue weighted by Gasteiger charge is -2.22. The molecule has 2 amide bonds. The van der Waals surface area contributed by atoms with E-state index >= 15 is 0 Å². The Morgan fingerprint density at radius 3 is 2.60 bits per heavy atom. The van der Waals surface area contributed by atoms with Crippen molar-refractivity contribution in [3.8, 4) is 0 Å². The summed E-state index contributed by atoms with van der Waals surface area (Å²) in [7, 11) is -3.93. The molecule has 1 unspecified atom stereocenters. The molecule has 1 aliphatic rings. The van der Waals surface area contributed by atoms with Crippen LogP contribution < -0.4 is 10.6 Å². The van der Waals surface area contributed by atoms with Gasteiger partial charge in [0.15, 0.2) is 10.8 Å². The molecule has 4 rings (SSSR count). The number of hydrogen-bond donors (Lipinski definition) is 2. The third-order valence-electron chi connectivity index (χ3n) is 5.53. The van der Waals surface area contributed by atoms with Crippen molar-refractivity contribution in [3.63, 3.8) is 0 Å². The molecule has 0 aliphatic carbocycles. The molecule has 1 saturated heterocycles. The van der Waals surface area contributed by atoms with Crippen molar-refractivity contribution >= 4 is 50.3 Å². The molecule has 0 radical (unpaired) electrons. The molecular weight excluding hydrogens is 508 g/mol. The Balaban J connectivity index is 1.45. The quantitative estimate of drug-likeness (QED) is 0.458. The normalized spacial score (nSPS) is 17.9. The van der Waals surface area contributed by atoms with Crippen LogP contribution in [-0.2, 0) is 26.0 Å². The molecule has 12 heteroatoms. The molecule has 0 aromatic carbocycles. The fourth-order valence-corrected chi connectivity index (χ4v) is 6.49. The van der Waals surface area contributed by atoms with Gasteiger partial charge in [-0.2, -0.15) is 4.31 Å². The number of Topliss-reactive ketones (excluding diaryl/α,β-unsaturated/α-hetero) is 1. The molecule has 0 saturated carbocycles. The van der Waals surface area contributed by atoms with Gasteiger partial charge in [0, 0.05) is 24.0 Å². The fraction of sp³-hybridized carbons (Fsp3) is 0.304. The molecule has 0 bridgehead atoms. The highest BCUT2D eigenvalue weighted by molar-refractivity contribution is 7.89. The highest BCUT2D eigenvalue weighted by Crippen LogP contribution is 2.18. The van der Waals surface area contributed by atoms with Crippen LogP contribution >= 0.6 is 22.7 Å². The van der Waals surface area contributed by atoms with Gasteiger partial charge in [-0.3, -0.25) is 14.4 Å². The summed E-state index contributed by atoms with van der Waals surface area (Å²) in [6.45, 7) is -0.217. The number of thiophene rings is 2. The van der Waals surface area contributed by atoms with E-state index in [2.05, 4.69) is 15.6 Å². The summed E-state index contributed by atoms with van der Waals surface area (Å²) in [5, 5.41) is 9.06. The summed E-state index contributed by atoms with van der Waals surface area (Å²) in [6, 6.07) is 10.00. The van der Waals surface area contributed by atoms with Gasteiger partial charge in [0.25, 0.3) is 15.9 Å². The summed E-state index contributed by atoms with van der Waals surface area (Å²) >= 11 is 2.74. The number of pyridine rings is 1. The van der Waals surface area contributed by atoms with Crippen molar-refractivity contribution < 1.29 is 22.8 Å². The van der Waals surface area contributed by atoms with E-state index in [1.54, 1.807) is 29.6 Å². The predicted octanol–water partition coefficient (Wildman–Crippen LogP) is 2.08. The monoisotopic (exact) mass is 532 g/mol. The molecule has 1 aliphatic heterocycles. The molecule has 2 N–H and O–H groups in total. The second-order valence-electron chi connectivity index (χ2n) is 7.96. The molecule has 0 spiro atoms. The second-order valence-corrected chi connectivity index (χ2v) is 11.8. The average molecular weight is 533 g/mol. The van der Waals surface area contributed by atoms with Crippen molar-refractivity contribution in [2.24, 2.45) is 0 Å². The number of aromatic nitrogens is 1. The van der Waals surface area contributed by atoms with Gasteiger partial charge >= 0.3 is 0 Å². The Morgan fingerprint density at radius 1 is 1.11 bits per heavy atom. The van der Waals surface area contributed by atoms with Crippen LogP contribution in [-0.4, -0.2) is 60.5 Å². The maximum Gasteiger partial charge on any atom is 0.262 e. The zero-order valence-electron chi connectivity index (χ0n) is 18.6. The van der Waals surface area contributed by atoms with Crippen LogP contribution in [0.25, 0.3) is 0 Å². The summed E-state index contributed by atoms with van der Waals surface area (Å²) in [6.07, 6.45) is 2.35. The van der Waals surface area contributed by atoms with Crippen molar-refractivity contribution in [1.29, 1.82) is 0 Å². The Kier molecular flexibility index (Phi) is 8.06. The van der Waals surface area contributed by atoms with Crippen molar-refractivity contribution in [3.05, 3.63) is 69.2 Å². The van der Waals surface area contributed by atoms with E-state index in [9.17, 15) is 22.8 Å². The lowest BCUT2D eigenvalue weighted by atomic mass is 10.1. The molecule has 4 heterocycles. The summed E-state index contributed by atoms with van der Waals surface area (Å²) in [5.74, 6) is -1.26. The summed E-state index contributed by atoms with van der Waals surface area (Å²) in [5.41, 5.74) is 0. The minimum Gasteiger partial charge on any atom is -0.344 e. The SMILES string of the molecule is O=C(N[C@@H](Cc1cccs1)C(=O)NC1CCCN(S(=O)(=O)c2ccccn2)CC1=O)c1cccs1. The first-order chi connectivity index (χ1) is 16.8. The van der Waals surface area contributed by atoms with E-state index < -0.39 is 33.8 Å². The van der Waals surface area contributed by atoms with Crippen molar-refractivity contribution in [2.75, 3.05) is 13.1 Å². The maximum absolute atomic E-state index is 13.2. The Morgan fingerprint density at radius 2 is 1.91 bits per heavy atom. The van der Waals surface area contributed by atoms with E-state index in [1.165, 1.54) is 34.9 Å². The largest absolute Gasteiger partial charge is 0.344 e. The first-order valence-corrected chi connectivity index (χ1v) is 14.2. The number of rotatable bonds is 8. The molecule has 1 fully saturated rings. The Bertz CT molecular complexity index is 1260. The lowest BCUT2D eigenvalue weighted by Crippen LogP contribution is -2.53. The standard InChI is InChI=1S/C23H24N4O5S3/c28-19-15-27(35(31,32)21-9-1-2-10-24-21)11-3-7-17(19)25-22(29)18(14-16-6-4-12-33-16)26-23(30)20-8-5-13-34-20/h1-2,4-6,8-10,12-13,17-18H,3,7,11,14-15H2,(H,25,29)(H,26,30)/t17?,18-/m0/s1. The first kappa shape index (κ1) is 25.2. The van der Waals surface area contributed by atoms with Crippen LogP contribution in [0.1, 0.15) is 27.4 Å². The number of carbonyl (C=O) groups excluding carboxylic acids is 3. The third-order valence-corrected chi connectivity index (χ3v) is 9.06. The third kappa shape index (κ3) is 6.20. The number of ketones is 1. The lowest BCUT2D eigenvalue weighted by molar-refractivity contribution is -0.128. The van der Waals surface area contributed by atoms with Crippen LogP contribution in [0.4, 0.5) is 0 Å². The van der Waals surface area contributed by atoms with Crippen LogP contribution in [0.2, 0.25) is 0 Å². The summed E-state index contributed by atoms with van der Waals surface area (Å²) < 4.78 is 26.9. The first-order valence-electron chi connectivity index (χ1n) is 11.0.